The molecule has 0 spiro atoms. The molecule has 1 N–H and O–H groups in total. The fraction of sp³-hybridized carbons (Fsp3) is 0.222. The molecule has 0 bridgehead atoms. The van der Waals surface area contributed by atoms with Crippen LogP contribution in [0.2, 0.25) is 0 Å². The van der Waals surface area contributed by atoms with Gasteiger partial charge in [0.05, 0.1) is 15.2 Å². The van der Waals surface area contributed by atoms with Crippen molar-refractivity contribution in [1.82, 2.24) is 4.98 Å². The van der Waals surface area contributed by atoms with Crippen molar-refractivity contribution in [3.8, 4) is 0 Å². The number of para-hydroxylation sites is 1. The molecule has 1 amide bonds. The largest absolute Gasteiger partial charge is 0.326 e. The third kappa shape index (κ3) is 3.52. The summed E-state index contributed by atoms with van der Waals surface area (Å²) < 4.78 is 1.17. The normalized spacial score (nSPS) is 10.8. The highest BCUT2D eigenvalue weighted by Crippen LogP contribution is 2.22. The Morgan fingerprint density at radius 3 is 2.86 bits per heavy atom. The number of aromatic nitrogens is 1. The van der Waals surface area contributed by atoms with Gasteiger partial charge in [0, 0.05) is 18.5 Å². The Hall–Kier alpha value is -2.20. The van der Waals surface area contributed by atoms with Crippen LogP contribution in [0.4, 0.5) is 5.69 Å². The van der Waals surface area contributed by atoms with Gasteiger partial charge in [0.2, 0.25) is 5.91 Å². The predicted octanol–water partition coefficient (Wildman–Crippen LogP) is 4.43. The second kappa shape index (κ2) is 6.71. The van der Waals surface area contributed by atoms with Crippen molar-refractivity contribution in [3.05, 3.63) is 59.1 Å². The summed E-state index contributed by atoms with van der Waals surface area (Å²) >= 11 is 1.66. The van der Waals surface area contributed by atoms with Gasteiger partial charge in [-0.1, -0.05) is 31.2 Å². The summed E-state index contributed by atoms with van der Waals surface area (Å²) in [7, 11) is 0. The molecule has 3 nitrogen and oxygen atoms in total. The molecule has 0 unspecified atom stereocenters. The molecule has 1 aromatic heterocycles. The van der Waals surface area contributed by atoms with E-state index in [1.807, 2.05) is 36.4 Å². The first-order valence-corrected chi connectivity index (χ1v) is 8.29. The highest BCUT2D eigenvalue weighted by Gasteiger charge is 2.07. The number of benzene rings is 2. The Morgan fingerprint density at radius 1 is 1.18 bits per heavy atom. The lowest BCUT2D eigenvalue weighted by molar-refractivity contribution is -0.116. The summed E-state index contributed by atoms with van der Waals surface area (Å²) in [6.07, 6.45) is 2.10. The number of hydrogen-bond donors (Lipinski definition) is 1. The van der Waals surface area contributed by atoms with Crippen molar-refractivity contribution in [2.75, 3.05) is 5.32 Å². The standard InChI is InChI=1S/C18H18N2OS/c1-2-13-6-5-7-14(12-13)19-17(21)10-11-18-20-15-8-3-4-9-16(15)22-18/h3-9,12H,2,10-11H2,1H3,(H,19,21). The van der Waals surface area contributed by atoms with Crippen LogP contribution in [0, 0.1) is 0 Å². The third-order valence-corrected chi connectivity index (χ3v) is 4.62. The molecule has 0 saturated carbocycles. The monoisotopic (exact) mass is 310 g/mol. The highest BCUT2D eigenvalue weighted by molar-refractivity contribution is 7.18. The molecule has 2 aromatic carbocycles. The molecule has 0 aliphatic rings. The maximum Gasteiger partial charge on any atom is 0.224 e. The number of nitrogens with one attached hydrogen (secondary N) is 1. The Kier molecular flexibility index (Phi) is 4.49. The van der Waals surface area contributed by atoms with E-state index in [0.717, 1.165) is 22.6 Å². The minimum absolute atomic E-state index is 0.0347. The van der Waals surface area contributed by atoms with Gasteiger partial charge in [0.1, 0.15) is 0 Å². The van der Waals surface area contributed by atoms with Crippen LogP contribution in [0.3, 0.4) is 0 Å². The van der Waals surface area contributed by atoms with Gasteiger partial charge in [-0.05, 0) is 36.2 Å². The first kappa shape index (κ1) is 14.7. The number of fused-ring (bicyclic) bond motifs is 1. The van der Waals surface area contributed by atoms with E-state index in [1.54, 1.807) is 11.3 Å². The first-order chi connectivity index (χ1) is 10.7. The number of aryl methyl sites for hydroxylation is 2. The second-order valence-electron chi connectivity index (χ2n) is 5.18. The van der Waals surface area contributed by atoms with Crippen LogP contribution in [0.15, 0.2) is 48.5 Å². The zero-order chi connectivity index (χ0) is 15.4. The molecule has 3 aromatic rings. The molecule has 112 valence electrons. The maximum atomic E-state index is 12.1. The molecule has 0 radical (unpaired) electrons. The number of rotatable bonds is 5. The van der Waals surface area contributed by atoms with Gasteiger partial charge in [-0.25, -0.2) is 4.98 Å². The number of hydrogen-bond acceptors (Lipinski definition) is 3. The lowest BCUT2D eigenvalue weighted by atomic mass is 10.1. The molecule has 0 aliphatic carbocycles. The number of amides is 1. The maximum absolute atomic E-state index is 12.1. The van der Waals surface area contributed by atoms with Crippen molar-refractivity contribution in [2.45, 2.75) is 26.2 Å². The molecule has 0 fully saturated rings. The first-order valence-electron chi connectivity index (χ1n) is 7.48. The van der Waals surface area contributed by atoms with Crippen LogP contribution in [0.25, 0.3) is 10.2 Å². The van der Waals surface area contributed by atoms with E-state index in [-0.39, 0.29) is 5.91 Å². The molecule has 1 heterocycles. The lowest BCUT2D eigenvalue weighted by Crippen LogP contribution is -2.12. The number of anilines is 1. The van der Waals surface area contributed by atoms with Gasteiger partial charge >= 0.3 is 0 Å². The topological polar surface area (TPSA) is 42.0 Å². The van der Waals surface area contributed by atoms with E-state index in [9.17, 15) is 4.79 Å². The smallest absolute Gasteiger partial charge is 0.224 e. The number of thiazole rings is 1. The summed E-state index contributed by atoms with van der Waals surface area (Å²) in [5.41, 5.74) is 3.11. The van der Waals surface area contributed by atoms with Gasteiger partial charge < -0.3 is 5.32 Å². The number of carbonyl (C=O) groups excluding carboxylic acids is 1. The number of nitrogens with zero attached hydrogens (tertiary/aromatic N) is 1. The summed E-state index contributed by atoms with van der Waals surface area (Å²) in [6.45, 7) is 2.11. The van der Waals surface area contributed by atoms with Crippen molar-refractivity contribution in [2.24, 2.45) is 0 Å². The summed E-state index contributed by atoms with van der Waals surface area (Å²) in [5.74, 6) is 0.0347. The van der Waals surface area contributed by atoms with Crippen molar-refractivity contribution in [1.29, 1.82) is 0 Å². The summed E-state index contributed by atoms with van der Waals surface area (Å²) in [4.78, 5) is 16.6. The molecule has 0 saturated heterocycles. The van der Waals surface area contributed by atoms with E-state index >= 15 is 0 Å². The van der Waals surface area contributed by atoms with Gasteiger partial charge in [-0.3, -0.25) is 4.79 Å². The van der Waals surface area contributed by atoms with Gasteiger partial charge in [-0.15, -0.1) is 11.3 Å². The van der Waals surface area contributed by atoms with E-state index < -0.39 is 0 Å². The minimum atomic E-state index is 0.0347. The zero-order valence-electron chi connectivity index (χ0n) is 12.5. The van der Waals surface area contributed by atoms with Crippen LogP contribution in [0.1, 0.15) is 23.9 Å². The molecular weight excluding hydrogens is 292 g/mol. The van der Waals surface area contributed by atoms with Crippen LogP contribution in [0.5, 0.6) is 0 Å². The Balaban J connectivity index is 1.59. The Bertz CT molecular complexity index is 761. The lowest BCUT2D eigenvalue weighted by Gasteiger charge is -2.06. The number of carbonyl (C=O) groups is 1. The Morgan fingerprint density at radius 2 is 2.05 bits per heavy atom. The van der Waals surface area contributed by atoms with Crippen molar-refractivity contribution in [3.63, 3.8) is 0 Å². The fourth-order valence-electron chi connectivity index (χ4n) is 2.34. The average Bonchev–Trinajstić information content (AvgIpc) is 2.96. The summed E-state index contributed by atoms with van der Waals surface area (Å²) in [6, 6.07) is 16.1. The highest BCUT2D eigenvalue weighted by atomic mass is 32.1. The van der Waals surface area contributed by atoms with Crippen molar-refractivity contribution < 1.29 is 4.79 Å². The SMILES string of the molecule is CCc1cccc(NC(=O)CCc2nc3ccccc3s2)c1. The second-order valence-corrected chi connectivity index (χ2v) is 6.29. The fourth-order valence-corrected chi connectivity index (χ4v) is 3.31. The van der Waals surface area contributed by atoms with Gasteiger partial charge in [0.15, 0.2) is 0 Å². The third-order valence-electron chi connectivity index (χ3n) is 3.52. The minimum Gasteiger partial charge on any atom is -0.326 e. The average molecular weight is 310 g/mol. The summed E-state index contributed by atoms with van der Waals surface area (Å²) in [5, 5.41) is 3.97. The van der Waals surface area contributed by atoms with Gasteiger partial charge in [0.25, 0.3) is 0 Å². The molecule has 3 rings (SSSR count). The van der Waals surface area contributed by atoms with Crippen LogP contribution in [-0.4, -0.2) is 10.9 Å². The molecule has 22 heavy (non-hydrogen) atoms. The van der Waals surface area contributed by atoms with Gasteiger partial charge in [-0.2, -0.15) is 0 Å². The van der Waals surface area contributed by atoms with Crippen LogP contribution < -0.4 is 5.32 Å². The quantitative estimate of drug-likeness (QED) is 0.757. The molecule has 0 atom stereocenters. The zero-order valence-corrected chi connectivity index (χ0v) is 13.3. The predicted molar refractivity (Wildman–Crippen MR) is 92.4 cm³/mol. The molecular formula is C18H18N2OS. The van der Waals surface area contributed by atoms with Crippen molar-refractivity contribution >= 4 is 33.1 Å². The van der Waals surface area contributed by atoms with E-state index in [1.165, 1.54) is 10.3 Å². The van der Waals surface area contributed by atoms with E-state index in [2.05, 4.69) is 29.4 Å². The molecule has 4 heteroatoms. The Labute approximate surface area is 134 Å². The van der Waals surface area contributed by atoms with E-state index in [4.69, 9.17) is 0 Å². The van der Waals surface area contributed by atoms with Crippen LogP contribution >= 0.6 is 11.3 Å². The molecule has 0 aliphatic heterocycles. The van der Waals surface area contributed by atoms with E-state index in [0.29, 0.717) is 12.8 Å². The van der Waals surface area contributed by atoms with Crippen LogP contribution in [-0.2, 0) is 17.6 Å².